The van der Waals surface area contributed by atoms with E-state index in [0.717, 1.165) is 18.0 Å². The number of tetrazole rings is 1. The van der Waals surface area contributed by atoms with Crippen molar-refractivity contribution in [1.29, 1.82) is 0 Å². The molecule has 6 rings (SSSR count). The highest BCUT2D eigenvalue weighted by molar-refractivity contribution is 6.31. The Kier molecular flexibility index (Phi) is 7.09. The molecule has 0 N–H and O–H groups in total. The van der Waals surface area contributed by atoms with Crippen LogP contribution in [0.1, 0.15) is 23.1 Å². The van der Waals surface area contributed by atoms with E-state index in [1.807, 2.05) is 0 Å². The molecule has 1 atom stereocenters. The summed E-state index contributed by atoms with van der Waals surface area (Å²) in [5.41, 5.74) is 0.925. The second-order valence-electron chi connectivity index (χ2n) is 9.46. The highest BCUT2D eigenvalue weighted by atomic mass is 35.5. The monoisotopic (exact) mass is 610 g/mol. The first-order valence-corrected chi connectivity index (χ1v) is 13.0. The van der Waals surface area contributed by atoms with E-state index >= 15 is 4.39 Å². The van der Waals surface area contributed by atoms with E-state index < -0.39 is 23.7 Å². The Labute approximate surface area is 245 Å². The van der Waals surface area contributed by atoms with Gasteiger partial charge in [0.05, 0.1) is 33.7 Å². The zero-order chi connectivity index (χ0) is 30.3. The summed E-state index contributed by atoms with van der Waals surface area (Å²) in [7, 11) is 1.75. The highest BCUT2D eigenvalue weighted by Crippen LogP contribution is 2.34. The Morgan fingerprint density at radius 3 is 2.58 bits per heavy atom. The number of benzene rings is 1. The first-order valence-electron chi connectivity index (χ1n) is 12.6. The van der Waals surface area contributed by atoms with Crippen molar-refractivity contribution in [3.63, 3.8) is 0 Å². The summed E-state index contributed by atoms with van der Waals surface area (Å²) in [6, 6.07) is 10.2. The lowest BCUT2D eigenvalue weighted by atomic mass is 10.0. The van der Waals surface area contributed by atoms with Gasteiger partial charge in [0.2, 0.25) is 5.69 Å². The molecule has 0 aliphatic carbocycles. The Morgan fingerprint density at radius 1 is 1.05 bits per heavy atom. The quantitative estimate of drug-likeness (QED) is 0.147. The third kappa shape index (κ3) is 5.41. The molecule has 5 aromatic heterocycles. The lowest BCUT2D eigenvalue weighted by Gasteiger charge is -2.19. The Hall–Kier alpha value is -5.18. The van der Waals surface area contributed by atoms with Crippen LogP contribution in [0.15, 0.2) is 79.6 Å². The summed E-state index contributed by atoms with van der Waals surface area (Å²) >= 11 is 6.06. The van der Waals surface area contributed by atoms with E-state index in [2.05, 4.69) is 30.7 Å². The molecule has 0 bridgehead atoms. The predicted octanol–water partition coefficient (Wildman–Crippen LogP) is 4.60. The number of aromatic nitrogens is 10. The van der Waals surface area contributed by atoms with E-state index in [-0.39, 0.29) is 39.6 Å². The fraction of sp³-hybridized carbons (Fsp3) is 0.148. The zero-order valence-corrected chi connectivity index (χ0v) is 22.8. The van der Waals surface area contributed by atoms with Crippen molar-refractivity contribution in [2.24, 2.45) is 7.05 Å². The number of aryl methyl sites for hydroxylation is 1. The maximum absolute atomic E-state index is 15.3. The zero-order valence-electron chi connectivity index (χ0n) is 22.1. The van der Waals surface area contributed by atoms with Crippen molar-refractivity contribution in [3.05, 3.63) is 113 Å². The summed E-state index contributed by atoms with van der Waals surface area (Å²) < 4.78 is 60.4. The fourth-order valence-corrected chi connectivity index (χ4v) is 4.91. The average molecular weight is 611 g/mol. The molecule has 6 aromatic rings. The van der Waals surface area contributed by atoms with Gasteiger partial charge in [-0.3, -0.25) is 9.36 Å². The second-order valence-corrected chi connectivity index (χ2v) is 9.87. The Bertz CT molecular complexity index is 1920. The van der Waals surface area contributed by atoms with Crippen LogP contribution in [0.25, 0.3) is 28.1 Å². The first kappa shape index (κ1) is 28.0. The molecular formula is C27H19ClF4N10O. The van der Waals surface area contributed by atoms with Crippen LogP contribution >= 0.6 is 11.6 Å². The van der Waals surface area contributed by atoms with E-state index in [1.165, 1.54) is 52.1 Å². The van der Waals surface area contributed by atoms with Crippen LogP contribution in [0.5, 0.6) is 0 Å². The van der Waals surface area contributed by atoms with Gasteiger partial charge >= 0.3 is 6.18 Å². The molecule has 0 aliphatic rings. The minimum absolute atomic E-state index is 0.0235. The van der Waals surface area contributed by atoms with E-state index in [4.69, 9.17) is 11.6 Å². The summed E-state index contributed by atoms with van der Waals surface area (Å²) in [6.45, 7) is 0. The van der Waals surface area contributed by atoms with Gasteiger partial charge in [-0.05, 0) is 46.8 Å². The van der Waals surface area contributed by atoms with Crippen LogP contribution < -0.4 is 4.73 Å². The van der Waals surface area contributed by atoms with Gasteiger partial charge in [0.1, 0.15) is 18.1 Å². The molecule has 218 valence electrons. The summed E-state index contributed by atoms with van der Waals surface area (Å²) in [5, 5.41) is 32.9. The molecule has 1 aromatic carbocycles. The van der Waals surface area contributed by atoms with Crippen molar-refractivity contribution in [1.82, 2.24) is 44.8 Å². The van der Waals surface area contributed by atoms with Crippen LogP contribution in [0.2, 0.25) is 5.02 Å². The number of halogens is 5. The van der Waals surface area contributed by atoms with Crippen molar-refractivity contribution in [2.45, 2.75) is 18.6 Å². The predicted molar refractivity (Wildman–Crippen MR) is 144 cm³/mol. The normalized spacial score (nSPS) is 12.5. The van der Waals surface area contributed by atoms with E-state index in [9.17, 15) is 18.4 Å². The maximum Gasteiger partial charge on any atom is 0.433 e. The molecule has 0 saturated heterocycles. The first-order chi connectivity index (χ1) is 20.6. The smallest absolute Gasteiger partial charge is 0.433 e. The molecule has 11 nitrogen and oxygen atoms in total. The van der Waals surface area contributed by atoms with Crippen LogP contribution in [-0.2, 0) is 19.6 Å². The fourth-order valence-electron chi connectivity index (χ4n) is 4.76. The molecule has 16 heteroatoms. The van der Waals surface area contributed by atoms with Gasteiger partial charge in [0, 0.05) is 43.2 Å². The summed E-state index contributed by atoms with van der Waals surface area (Å²) in [5.74, 6) is -0.792. The summed E-state index contributed by atoms with van der Waals surface area (Å²) in [6.07, 6.45) is 2.49. The third-order valence-corrected chi connectivity index (χ3v) is 7.07. The minimum atomic E-state index is -4.65. The highest BCUT2D eigenvalue weighted by Gasteiger charge is 2.33. The number of hydrogen-bond donors (Lipinski definition) is 0. The third-order valence-electron chi connectivity index (χ3n) is 6.78. The van der Waals surface area contributed by atoms with Crippen molar-refractivity contribution < 1.29 is 22.3 Å². The summed E-state index contributed by atoms with van der Waals surface area (Å²) in [4.78, 5) is 3.78. The average Bonchev–Trinajstić information content (AvgIpc) is 3.76. The van der Waals surface area contributed by atoms with Gasteiger partial charge in [-0.2, -0.15) is 32.8 Å². The standard InChI is InChI=1S/C27H19ClF4N10O/c1-39-20(9-10-34-39)17-12-35-40(13-17)23(11-18-3-2-4-24(36-18)27(30,31)32)21-7-5-16(14-42(21)43)25-22(41-15-33-37-38-41)8-6-19(28)26(25)29/h2-10,12-15,23H,11H2,1H3. The topological polar surface area (TPSA) is 119 Å². The lowest BCUT2D eigenvalue weighted by Crippen LogP contribution is -2.36. The van der Waals surface area contributed by atoms with Gasteiger partial charge in [-0.1, -0.05) is 17.7 Å². The van der Waals surface area contributed by atoms with Gasteiger partial charge < -0.3 is 5.21 Å². The van der Waals surface area contributed by atoms with E-state index in [1.54, 1.807) is 36.4 Å². The Balaban J connectivity index is 1.45. The molecular weight excluding hydrogens is 592 g/mol. The number of alkyl halides is 3. The number of hydrogen-bond acceptors (Lipinski definition) is 7. The van der Waals surface area contributed by atoms with Gasteiger partial charge in [-0.15, -0.1) is 5.10 Å². The molecule has 0 saturated carbocycles. The molecule has 0 spiro atoms. The van der Waals surface area contributed by atoms with Crippen molar-refractivity contribution >= 4 is 11.6 Å². The van der Waals surface area contributed by atoms with Crippen molar-refractivity contribution in [2.75, 3.05) is 0 Å². The van der Waals surface area contributed by atoms with Crippen molar-refractivity contribution in [3.8, 4) is 28.1 Å². The number of pyridine rings is 2. The SMILES string of the molecule is Cn1nccc1-c1cnn(C(Cc2cccc(C(F)(F)F)n2)c2ccc(-c3c(-n4cnnn4)ccc(Cl)c3F)c[n+]2[O-])c1. The lowest BCUT2D eigenvalue weighted by molar-refractivity contribution is -0.615. The minimum Gasteiger partial charge on any atom is -0.618 e. The van der Waals surface area contributed by atoms with Crippen LogP contribution in [-0.4, -0.2) is 44.8 Å². The number of rotatable bonds is 7. The van der Waals surface area contributed by atoms with Gasteiger partial charge in [0.15, 0.2) is 12.0 Å². The maximum atomic E-state index is 15.3. The molecule has 0 radical (unpaired) electrons. The second kappa shape index (κ2) is 10.9. The van der Waals surface area contributed by atoms with Gasteiger partial charge in [0.25, 0.3) is 0 Å². The van der Waals surface area contributed by atoms with Gasteiger partial charge in [-0.25, -0.2) is 9.37 Å². The number of nitrogens with zero attached hydrogens (tertiary/aromatic N) is 10. The molecule has 43 heavy (non-hydrogen) atoms. The Morgan fingerprint density at radius 2 is 1.88 bits per heavy atom. The van der Waals surface area contributed by atoms with Crippen LogP contribution in [0.3, 0.4) is 0 Å². The van der Waals surface area contributed by atoms with Crippen LogP contribution in [0.4, 0.5) is 17.6 Å². The van der Waals surface area contributed by atoms with Crippen LogP contribution in [0, 0.1) is 11.0 Å². The molecule has 0 amide bonds. The molecule has 0 fully saturated rings. The molecule has 1 unspecified atom stereocenters. The van der Waals surface area contributed by atoms with E-state index in [0.29, 0.717) is 10.3 Å². The largest absolute Gasteiger partial charge is 0.618 e. The molecule has 0 aliphatic heterocycles. The molecule has 5 heterocycles.